The number of hydrogen-bond donors (Lipinski definition) is 2. The first kappa shape index (κ1) is 14.6. The van der Waals surface area contributed by atoms with Gasteiger partial charge < -0.3 is 5.11 Å². The van der Waals surface area contributed by atoms with E-state index >= 15 is 0 Å². The topological polar surface area (TPSA) is 99.2 Å². The van der Waals surface area contributed by atoms with Crippen LogP contribution in [-0.2, 0) is 23.2 Å². The second kappa shape index (κ2) is 5.70. The van der Waals surface area contributed by atoms with Gasteiger partial charge in [0.15, 0.2) is 0 Å². The van der Waals surface area contributed by atoms with Crippen LogP contribution in [-0.4, -0.2) is 40.1 Å². The molecule has 0 aliphatic rings. The SMILES string of the molecule is Cc1[nH]nc(CO)c1S(=O)(=O)N(C)Cc1ccncc1. The molecule has 0 amide bonds. The number of nitrogens with one attached hydrogen (secondary N) is 1. The second-order valence-electron chi connectivity index (χ2n) is 4.40. The van der Waals surface area contributed by atoms with E-state index in [1.807, 2.05) is 0 Å². The Bertz CT molecular complexity index is 682. The molecule has 0 bridgehead atoms. The van der Waals surface area contributed by atoms with E-state index in [4.69, 9.17) is 0 Å². The molecule has 0 radical (unpaired) electrons. The number of aryl methyl sites for hydroxylation is 1. The second-order valence-corrected chi connectivity index (χ2v) is 6.38. The maximum atomic E-state index is 12.5. The minimum absolute atomic E-state index is 0.0385. The van der Waals surface area contributed by atoms with Gasteiger partial charge in [0.25, 0.3) is 0 Å². The summed E-state index contributed by atoms with van der Waals surface area (Å²) in [5, 5.41) is 15.6. The Morgan fingerprint density at radius 1 is 1.35 bits per heavy atom. The van der Waals surface area contributed by atoms with Gasteiger partial charge in [0.05, 0.1) is 12.3 Å². The Morgan fingerprint density at radius 3 is 2.60 bits per heavy atom. The molecule has 0 saturated carbocycles. The Balaban J connectivity index is 2.32. The van der Waals surface area contributed by atoms with E-state index in [-0.39, 0.29) is 17.1 Å². The molecule has 0 aromatic carbocycles. The highest BCUT2D eigenvalue weighted by Gasteiger charge is 2.28. The first-order valence-electron chi connectivity index (χ1n) is 5.96. The number of sulfonamides is 1. The molecule has 8 heteroatoms. The fourth-order valence-electron chi connectivity index (χ4n) is 1.90. The zero-order valence-corrected chi connectivity index (χ0v) is 12.1. The van der Waals surface area contributed by atoms with Gasteiger partial charge in [0.1, 0.15) is 10.6 Å². The predicted molar refractivity (Wildman–Crippen MR) is 72.1 cm³/mol. The fourth-order valence-corrected chi connectivity index (χ4v) is 3.38. The fraction of sp³-hybridized carbons (Fsp3) is 0.333. The Hall–Kier alpha value is -1.77. The number of aliphatic hydroxyl groups excluding tert-OH is 1. The van der Waals surface area contributed by atoms with E-state index in [0.29, 0.717) is 5.69 Å². The van der Waals surface area contributed by atoms with Gasteiger partial charge in [0.2, 0.25) is 10.0 Å². The molecule has 20 heavy (non-hydrogen) atoms. The standard InChI is InChI=1S/C12H16N4O3S/c1-9-12(11(8-17)15-14-9)20(18,19)16(2)7-10-3-5-13-6-4-10/h3-6,17H,7-8H2,1-2H3,(H,14,15). The van der Waals surface area contributed by atoms with Crippen molar-refractivity contribution in [2.75, 3.05) is 7.05 Å². The van der Waals surface area contributed by atoms with E-state index < -0.39 is 16.6 Å². The number of nitrogens with zero attached hydrogens (tertiary/aromatic N) is 3. The van der Waals surface area contributed by atoms with Crippen LogP contribution in [0.15, 0.2) is 29.4 Å². The number of aromatic amines is 1. The van der Waals surface area contributed by atoms with Crippen LogP contribution >= 0.6 is 0 Å². The zero-order valence-electron chi connectivity index (χ0n) is 11.2. The van der Waals surface area contributed by atoms with Crippen LogP contribution < -0.4 is 0 Å². The molecule has 108 valence electrons. The Kier molecular flexibility index (Phi) is 4.17. The summed E-state index contributed by atoms with van der Waals surface area (Å²) in [4.78, 5) is 3.93. The largest absolute Gasteiger partial charge is 0.390 e. The molecule has 2 N–H and O–H groups in total. The number of rotatable bonds is 5. The molecule has 0 fully saturated rings. The molecule has 2 heterocycles. The van der Waals surface area contributed by atoms with Gasteiger partial charge in [-0.25, -0.2) is 8.42 Å². The maximum absolute atomic E-state index is 12.5. The lowest BCUT2D eigenvalue weighted by Crippen LogP contribution is -2.27. The maximum Gasteiger partial charge on any atom is 0.246 e. The highest BCUT2D eigenvalue weighted by Crippen LogP contribution is 2.22. The predicted octanol–water partition coefficient (Wildman–Crippen LogP) is 0.426. The van der Waals surface area contributed by atoms with Crippen molar-refractivity contribution in [3.8, 4) is 0 Å². The van der Waals surface area contributed by atoms with Crippen molar-refractivity contribution in [3.63, 3.8) is 0 Å². The molecule has 0 unspecified atom stereocenters. The van der Waals surface area contributed by atoms with Crippen LogP contribution in [0.5, 0.6) is 0 Å². The van der Waals surface area contributed by atoms with Gasteiger partial charge in [-0.2, -0.15) is 9.40 Å². The third-order valence-corrected chi connectivity index (χ3v) is 4.94. The molecule has 0 atom stereocenters. The van der Waals surface area contributed by atoms with Crippen LogP contribution in [0.25, 0.3) is 0 Å². The third-order valence-electron chi connectivity index (χ3n) is 2.93. The summed E-state index contributed by atoms with van der Waals surface area (Å²) in [5.74, 6) is 0. The van der Waals surface area contributed by atoms with Crippen LogP contribution in [0.3, 0.4) is 0 Å². The first-order chi connectivity index (χ1) is 9.46. The van der Waals surface area contributed by atoms with Gasteiger partial charge in [-0.1, -0.05) is 0 Å². The quantitative estimate of drug-likeness (QED) is 0.833. The lowest BCUT2D eigenvalue weighted by atomic mass is 10.3. The third kappa shape index (κ3) is 2.72. The monoisotopic (exact) mass is 296 g/mol. The highest BCUT2D eigenvalue weighted by molar-refractivity contribution is 7.89. The molecule has 0 spiro atoms. The smallest absolute Gasteiger partial charge is 0.246 e. The first-order valence-corrected chi connectivity index (χ1v) is 7.40. The van der Waals surface area contributed by atoms with Crippen molar-refractivity contribution >= 4 is 10.0 Å². The van der Waals surface area contributed by atoms with Gasteiger partial charge in [-0.15, -0.1) is 0 Å². The molecule has 2 rings (SSSR count). The molecular formula is C12H16N4O3S. The average Bonchev–Trinajstić information content (AvgIpc) is 2.81. The van der Waals surface area contributed by atoms with E-state index in [9.17, 15) is 13.5 Å². The number of hydrogen-bond acceptors (Lipinski definition) is 5. The molecule has 0 aliphatic carbocycles. The molecule has 0 aliphatic heterocycles. The molecule has 2 aromatic rings. The van der Waals surface area contributed by atoms with Crippen LogP contribution in [0.2, 0.25) is 0 Å². The zero-order chi connectivity index (χ0) is 14.8. The molecular weight excluding hydrogens is 280 g/mol. The summed E-state index contributed by atoms with van der Waals surface area (Å²) in [6, 6.07) is 3.50. The number of aliphatic hydroxyl groups is 1. The van der Waals surface area contributed by atoms with Crippen molar-refractivity contribution in [2.45, 2.75) is 25.0 Å². The average molecular weight is 296 g/mol. The van der Waals surface area contributed by atoms with Crippen LogP contribution in [0, 0.1) is 6.92 Å². The summed E-state index contributed by atoms with van der Waals surface area (Å²) < 4.78 is 26.3. The summed E-state index contributed by atoms with van der Waals surface area (Å²) in [5.41, 5.74) is 1.37. The summed E-state index contributed by atoms with van der Waals surface area (Å²) in [7, 11) is -2.22. The lowest BCUT2D eigenvalue weighted by Gasteiger charge is -2.17. The van der Waals surface area contributed by atoms with Crippen molar-refractivity contribution in [1.82, 2.24) is 19.5 Å². The van der Waals surface area contributed by atoms with E-state index in [0.717, 1.165) is 5.56 Å². The van der Waals surface area contributed by atoms with Gasteiger partial charge in [-0.3, -0.25) is 10.1 Å². The number of pyridine rings is 1. The lowest BCUT2D eigenvalue weighted by molar-refractivity contribution is 0.273. The van der Waals surface area contributed by atoms with E-state index in [1.54, 1.807) is 31.5 Å². The van der Waals surface area contributed by atoms with Gasteiger partial charge >= 0.3 is 0 Å². The minimum atomic E-state index is -3.71. The van der Waals surface area contributed by atoms with Crippen molar-refractivity contribution in [3.05, 3.63) is 41.5 Å². The normalized spacial score (nSPS) is 12.0. The summed E-state index contributed by atoms with van der Waals surface area (Å²) >= 11 is 0. The van der Waals surface area contributed by atoms with Gasteiger partial charge in [0, 0.05) is 26.0 Å². The van der Waals surface area contributed by atoms with Crippen LogP contribution in [0.1, 0.15) is 17.0 Å². The number of H-pyrrole nitrogens is 1. The minimum Gasteiger partial charge on any atom is -0.390 e. The van der Waals surface area contributed by atoms with Crippen molar-refractivity contribution < 1.29 is 13.5 Å². The Labute approximate surface area is 117 Å². The molecule has 7 nitrogen and oxygen atoms in total. The van der Waals surface area contributed by atoms with Crippen LogP contribution in [0.4, 0.5) is 0 Å². The van der Waals surface area contributed by atoms with Crippen molar-refractivity contribution in [2.24, 2.45) is 0 Å². The number of aromatic nitrogens is 3. The van der Waals surface area contributed by atoms with Crippen molar-refractivity contribution in [1.29, 1.82) is 0 Å². The molecule has 2 aromatic heterocycles. The van der Waals surface area contributed by atoms with E-state index in [1.165, 1.54) is 11.4 Å². The Morgan fingerprint density at radius 2 is 2.00 bits per heavy atom. The van der Waals surface area contributed by atoms with Gasteiger partial charge in [-0.05, 0) is 24.6 Å². The highest BCUT2D eigenvalue weighted by atomic mass is 32.2. The summed E-state index contributed by atoms with van der Waals surface area (Å²) in [6.45, 7) is 1.40. The van der Waals surface area contributed by atoms with E-state index in [2.05, 4.69) is 15.2 Å². The summed E-state index contributed by atoms with van der Waals surface area (Å²) in [6.07, 6.45) is 3.22. The molecule has 0 saturated heterocycles.